The first kappa shape index (κ1) is 17.5. The van der Waals surface area contributed by atoms with Gasteiger partial charge in [0.05, 0.1) is 0 Å². The maximum Gasteiger partial charge on any atom is 0.170 e. The van der Waals surface area contributed by atoms with Gasteiger partial charge in [0, 0.05) is 37.3 Å². The fraction of sp³-hybridized carbons (Fsp3) is 0.562. The highest BCUT2D eigenvalue weighted by atomic mass is 16.4. The average Bonchev–Trinajstić information content (AvgIpc) is 2.45. The van der Waals surface area contributed by atoms with Crippen molar-refractivity contribution in [3.8, 4) is 0 Å². The zero-order valence-corrected chi connectivity index (χ0v) is 13.5. The molecule has 0 unspecified atom stereocenters. The lowest BCUT2D eigenvalue weighted by Gasteiger charge is -2.30. The van der Waals surface area contributed by atoms with Gasteiger partial charge >= 0.3 is 0 Å². The molecule has 1 rings (SSSR count). The molecule has 0 spiro atoms. The van der Waals surface area contributed by atoms with Crippen molar-refractivity contribution in [2.24, 2.45) is 10.9 Å². The van der Waals surface area contributed by atoms with Crippen LogP contribution in [0.5, 0.6) is 0 Å². The Hall–Kier alpha value is -1.59. The van der Waals surface area contributed by atoms with Gasteiger partial charge < -0.3 is 16.3 Å². The first-order valence-electron chi connectivity index (χ1n) is 7.49. The highest BCUT2D eigenvalue weighted by Gasteiger charge is 2.12. The van der Waals surface area contributed by atoms with Crippen molar-refractivity contribution >= 4 is 5.84 Å². The average molecular weight is 292 g/mol. The standard InChI is InChI=1S/C16H28N4O/c1-12(2)20(13(3)4)9-8-18-11-14-6-5-7-15(10-14)16(17)19-21/h5-7,10,12-13,18,21H,8-9,11H2,1-4H3,(H2,17,19). The van der Waals surface area contributed by atoms with E-state index in [1.165, 1.54) is 0 Å². The molecule has 1 aromatic carbocycles. The molecule has 0 saturated carbocycles. The number of hydrogen-bond acceptors (Lipinski definition) is 4. The zero-order chi connectivity index (χ0) is 15.8. The third-order valence-electron chi connectivity index (χ3n) is 3.53. The molecule has 0 radical (unpaired) electrons. The number of nitrogens with zero attached hydrogens (tertiary/aromatic N) is 2. The SMILES string of the molecule is CC(C)N(CCNCc1cccc(C(N)=NO)c1)C(C)C. The van der Waals surface area contributed by atoms with E-state index in [1.807, 2.05) is 24.3 Å². The van der Waals surface area contributed by atoms with Crippen molar-refractivity contribution in [2.45, 2.75) is 46.3 Å². The molecule has 0 bridgehead atoms. The third-order valence-corrected chi connectivity index (χ3v) is 3.53. The number of nitrogens with one attached hydrogen (secondary N) is 1. The molecule has 118 valence electrons. The molecular formula is C16H28N4O. The minimum Gasteiger partial charge on any atom is -0.409 e. The van der Waals surface area contributed by atoms with Crippen LogP contribution in [0.3, 0.4) is 0 Å². The highest BCUT2D eigenvalue weighted by Crippen LogP contribution is 2.06. The quantitative estimate of drug-likeness (QED) is 0.225. The number of rotatable bonds is 8. The molecule has 0 aliphatic rings. The zero-order valence-electron chi connectivity index (χ0n) is 13.5. The first-order chi connectivity index (χ1) is 9.95. The summed E-state index contributed by atoms with van der Waals surface area (Å²) in [5.41, 5.74) is 7.46. The van der Waals surface area contributed by atoms with Crippen LogP contribution in [0, 0.1) is 0 Å². The summed E-state index contributed by atoms with van der Waals surface area (Å²) in [5, 5.41) is 15.2. The maximum atomic E-state index is 8.70. The van der Waals surface area contributed by atoms with Gasteiger partial charge in [-0.25, -0.2) is 0 Å². The van der Waals surface area contributed by atoms with Gasteiger partial charge in [0.15, 0.2) is 5.84 Å². The molecule has 1 aromatic rings. The molecule has 0 fully saturated rings. The maximum absolute atomic E-state index is 8.70. The van der Waals surface area contributed by atoms with E-state index >= 15 is 0 Å². The lowest BCUT2D eigenvalue weighted by Crippen LogP contribution is -2.41. The summed E-state index contributed by atoms with van der Waals surface area (Å²) >= 11 is 0. The lowest BCUT2D eigenvalue weighted by atomic mass is 10.1. The van der Waals surface area contributed by atoms with Gasteiger partial charge in [-0.05, 0) is 39.3 Å². The largest absolute Gasteiger partial charge is 0.409 e. The predicted octanol–water partition coefficient (Wildman–Crippen LogP) is 1.99. The van der Waals surface area contributed by atoms with Crippen LogP contribution in [0.2, 0.25) is 0 Å². The highest BCUT2D eigenvalue weighted by molar-refractivity contribution is 5.97. The second-order valence-electron chi connectivity index (χ2n) is 5.79. The smallest absolute Gasteiger partial charge is 0.170 e. The summed E-state index contributed by atoms with van der Waals surface area (Å²) in [6.07, 6.45) is 0. The van der Waals surface area contributed by atoms with Gasteiger partial charge in [0.1, 0.15) is 0 Å². The summed E-state index contributed by atoms with van der Waals surface area (Å²) in [4.78, 5) is 2.46. The van der Waals surface area contributed by atoms with Crippen LogP contribution in [-0.2, 0) is 6.54 Å². The monoisotopic (exact) mass is 292 g/mol. The van der Waals surface area contributed by atoms with Crippen molar-refractivity contribution in [1.82, 2.24) is 10.2 Å². The number of oxime groups is 1. The van der Waals surface area contributed by atoms with Gasteiger partial charge in [-0.1, -0.05) is 23.4 Å². The Kier molecular flexibility index (Phi) is 7.19. The second-order valence-corrected chi connectivity index (χ2v) is 5.79. The van der Waals surface area contributed by atoms with Gasteiger partial charge in [-0.15, -0.1) is 0 Å². The van der Waals surface area contributed by atoms with Gasteiger partial charge in [-0.2, -0.15) is 0 Å². The normalized spacial score (nSPS) is 12.6. The molecule has 0 saturated heterocycles. The molecule has 0 amide bonds. The Morgan fingerprint density at radius 2 is 1.95 bits per heavy atom. The summed E-state index contributed by atoms with van der Waals surface area (Å²) in [7, 11) is 0. The first-order valence-corrected chi connectivity index (χ1v) is 7.49. The van der Waals surface area contributed by atoms with E-state index < -0.39 is 0 Å². The molecule has 0 aliphatic heterocycles. The topological polar surface area (TPSA) is 73.9 Å². The van der Waals surface area contributed by atoms with Crippen molar-refractivity contribution in [3.63, 3.8) is 0 Å². The van der Waals surface area contributed by atoms with E-state index in [0.717, 1.165) is 30.8 Å². The summed E-state index contributed by atoms with van der Waals surface area (Å²) in [6, 6.07) is 8.82. The Bertz CT molecular complexity index is 449. The van der Waals surface area contributed by atoms with E-state index in [4.69, 9.17) is 10.9 Å². The fourth-order valence-corrected chi connectivity index (χ4v) is 2.45. The Morgan fingerprint density at radius 1 is 1.29 bits per heavy atom. The summed E-state index contributed by atoms with van der Waals surface area (Å²) in [5.74, 6) is 0.141. The molecule has 0 aliphatic carbocycles. The van der Waals surface area contributed by atoms with E-state index in [-0.39, 0.29) is 5.84 Å². The van der Waals surface area contributed by atoms with Crippen molar-refractivity contribution in [2.75, 3.05) is 13.1 Å². The van der Waals surface area contributed by atoms with Crippen molar-refractivity contribution in [1.29, 1.82) is 0 Å². The Labute approximate surface area is 127 Å². The summed E-state index contributed by atoms with van der Waals surface area (Å²) < 4.78 is 0. The van der Waals surface area contributed by atoms with E-state index in [1.54, 1.807) is 0 Å². The van der Waals surface area contributed by atoms with Gasteiger partial charge in [0.25, 0.3) is 0 Å². The Morgan fingerprint density at radius 3 is 2.52 bits per heavy atom. The molecule has 21 heavy (non-hydrogen) atoms. The Balaban J connectivity index is 2.46. The number of nitrogens with two attached hydrogens (primary N) is 1. The van der Waals surface area contributed by atoms with E-state index in [9.17, 15) is 0 Å². The molecule has 0 heterocycles. The molecular weight excluding hydrogens is 264 g/mol. The molecule has 5 nitrogen and oxygen atoms in total. The van der Waals surface area contributed by atoms with Crippen LogP contribution >= 0.6 is 0 Å². The lowest BCUT2D eigenvalue weighted by molar-refractivity contribution is 0.176. The summed E-state index contributed by atoms with van der Waals surface area (Å²) in [6.45, 7) is 11.6. The molecule has 4 N–H and O–H groups in total. The minimum absolute atomic E-state index is 0.141. The molecule has 0 aromatic heterocycles. The fourth-order valence-electron chi connectivity index (χ4n) is 2.45. The van der Waals surface area contributed by atoms with Crippen LogP contribution < -0.4 is 11.1 Å². The van der Waals surface area contributed by atoms with Gasteiger partial charge in [0.2, 0.25) is 0 Å². The predicted molar refractivity (Wildman–Crippen MR) is 87.6 cm³/mol. The number of amidine groups is 1. The number of hydrogen-bond donors (Lipinski definition) is 3. The third kappa shape index (κ3) is 5.73. The second kappa shape index (κ2) is 8.64. The van der Waals surface area contributed by atoms with E-state index in [0.29, 0.717) is 12.1 Å². The van der Waals surface area contributed by atoms with Crippen LogP contribution in [-0.4, -0.2) is 41.1 Å². The van der Waals surface area contributed by atoms with Crippen molar-refractivity contribution in [3.05, 3.63) is 35.4 Å². The number of benzene rings is 1. The van der Waals surface area contributed by atoms with Crippen LogP contribution in [0.1, 0.15) is 38.8 Å². The minimum atomic E-state index is 0.141. The van der Waals surface area contributed by atoms with Crippen LogP contribution in [0.15, 0.2) is 29.4 Å². The van der Waals surface area contributed by atoms with Crippen molar-refractivity contribution < 1.29 is 5.21 Å². The van der Waals surface area contributed by atoms with Crippen LogP contribution in [0.4, 0.5) is 0 Å². The van der Waals surface area contributed by atoms with E-state index in [2.05, 4.69) is 43.1 Å². The molecule has 0 atom stereocenters. The molecule has 5 heteroatoms. The van der Waals surface area contributed by atoms with Gasteiger partial charge in [-0.3, -0.25) is 4.90 Å². The van der Waals surface area contributed by atoms with Crippen LogP contribution in [0.25, 0.3) is 0 Å².